The highest BCUT2D eigenvalue weighted by molar-refractivity contribution is 5.79. The number of carbonyl (C=O) groups excluding carboxylic acids is 1. The van der Waals surface area contributed by atoms with Crippen molar-refractivity contribution in [3.8, 4) is 0 Å². The third-order valence-corrected chi connectivity index (χ3v) is 3.53. The summed E-state index contributed by atoms with van der Waals surface area (Å²) in [5.41, 5.74) is 2.51. The number of hydrogen-bond donors (Lipinski definition) is 1. The second-order valence-electron chi connectivity index (χ2n) is 5.35. The molecule has 1 fully saturated rings. The average molecular weight is 246 g/mol. The van der Waals surface area contributed by atoms with Crippen LogP contribution in [0.1, 0.15) is 30.4 Å². The van der Waals surface area contributed by atoms with Gasteiger partial charge in [-0.25, -0.2) is 0 Å². The zero-order chi connectivity index (χ0) is 13.0. The van der Waals surface area contributed by atoms with Crippen LogP contribution in [0.3, 0.4) is 0 Å². The lowest BCUT2D eigenvalue weighted by molar-refractivity contribution is -0.127. The molecule has 3 heteroatoms. The van der Waals surface area contributed by atoms with Crippen molar-refractivity contribution >= 4 is 5.91 Å². The standard InChI is InChI=1S/C15H22N2O/c1-17(2)11-14-7-4-3-6-13(14)10-16-15(18)12-8-5-9-12/h3-4,6-7,12H,5,8-11H2,1-2H3,(H,16,18). The van der Waals surface area contributed by atoms with E-state index in [2.05, 4.69) is 42.5 Å². The van der Waals surface area contributed by atoms with E-state index in [0.717, 1.165) is 19.4 Å². The van der Waals surface area contributed by atoms with Gasteiger partial charge in [-0.2, -0.15) is 0 Å². The number of benzene rings is 1. The van der Waals surface area contributed by atoms with E-state index >= 15 is 0 Å². The first-order valence-electron chi connectivity index (χ1n) is 6.66. The van der Waals surface area contributed by atoms with Crippen molar-refractivity contribution in [1.82, 2.24) is 10.2 Å². The van der Waals surface area contributed by atoms with Crippen LogP contribution >= 0.6 is 0 Å². The van der Waals surface area contributed by atoms with Crippen LogP contribution in [0, 0.1) is 5.92 Å². The van der Waals surface area contributed by atoms with E-state index in [0.29, 0.717) is 6.54 Å². The Morgan fingerprint density at radius 2 is 1.94 bits per heavy atom. The lowest BCUT2D eigenvalue weighted by Gasteiger charge is -2.24. The molecule has 0 unspecified atom stereocenters. The molecule has 1 aliphatic rings. The van der Waals surface area contributed by atoms with Gasteiger partial charge in [0.1, 0.15) is 0 Å². The minimum absolute atomic E-state index is 0.223. The average Bonchev–Trinajstić information content (AvgIpc) is 2.25. The first-order valence-corrected chi connectivity index (χ1v) is 6.66. The summed E-state index contributed by atoms with van der Waals surface area (Å²) in [5, 5.41) is 3.06. The third kappa shape index (κ3) is 3.33. The van der Waals surface area contributed by atoms with Gasteiger partial charge >= 0.3 is 0 Å². The highest BCUT2D eigenvalue weighted by Gasteiger charge is 2.24. The van der Waals surface area contributed by atoms with E-state index in [4.69, 9.17) is 0 Å². The van der Waals surface area contributed by atoms with Gasteiger partial charge in [0.25, 0.3) is 0 Å². The quantitative estimate of drug-likeness (QED) is 0.863. The van der Waals surface area contributed by atoms with Crippen molar-refractivity contribution in [2.24, 2.45) is 5.92 Å². The van der Waals surface area contributed by atoms with E-state index in [-0.39, 0.29) is 11.8 Å². The van der Waals surface area contributed by atoms with Gasteiger partial charge in [0.05, 0.1) is 0 Å². The highest BCUT2D eigenvalue weighted by Crippen LogP contribution is 2.26. The van der Waals surface area contributed by atoms with Gasteiger partial charge in [0, 0.05) is 19.0 Å². The lowest BCUT2D eigenvalue weighted by Crippen LogP contribution is -2.34. The van der Waals surface area contributed by atoms with E-state index in [1.54, 1.807) is 0 Å². The smallest absolute Gasteiger partial charge is 0.223 e. The fourth-order valence-electron chi connectivity index (χ4n) is 2.22. The number of hydrogen-bond acceptors (Lipinski definition) is 2. The Morgan fingerprint density at radius 3 is 2.50 bits per heavy atom. The summed E-state index contributed by atoms with van der Waals surface area (Å²) in [4.78, 5) is 14.0. The van der Waals surface area contributed by atoms with Gasteiger partial charge in [-0.05, 0) is 38.1 Å². The van der Waals surface area contributed by atoms with E-state index in [1.807, 2.05) is 6.07 Å². The van der Waals surface area contributed by atoms with Crippen LogP contribution < -0.4 is 5.32 Å². The van der Waals surface area contributed by atoms with Crippen LogP contribution in [-0.4, -0.2) is 24.9 Å². The molecule has 0 saturated heterocycles. The van der Waals surface area contributed by atoms with E-state index in [1.165, 1.54) is 17.5 Å². The van der Waals surface area contributed by atoms with E-state index < -0.39 is 0 Å². The minimum Gasteiger partial charge on any atom is -0.352 e. The van der Waals surface area contributed by atoms with Crippen LogP contribution in [0.25, 0.3) is 0 Å². The Morgan fingerprint density at radius 1 is 1.28 bits per heavy atom. The monoisotopic (exact) mass is 246 g/mol. The van der Waals surface area contributed by atoms with Crippen molar-refractivity contribution in [2.45, 2.75) is 32.4 Å². The summed E-state index contributed by atoms with van der Waals surface area (Å²) in [6.07, 6.45) is 3.33. The number of rotatable bonds is 5. The Kier molecular flexibility index (Phi) is 4.37. The molecule has 0 bridgehead atoms. The third-order valence-electron chi connectivity index (χ3n) is 3.53. The molecule has 1 aromatic rings. The summed E-state index contributed by atoms with van der Waals surface area (Å²) >= 11 is 0. The molecule has 1 N–H and O–H groups in total. The topological polar surface area (TPSA) is 32.3 Å². The second kappa shape index (κ2) is 6.01. The maximum absolute atomic E-state index is 11.8. The fraction of sp³-hybridized carbons (Fsp3) is 0.533. The molecule has 0 atom stereocenters. The maximum atomic E-state index is 11.8. The SMILES string of the molecule is CN(C)Cc1ccccc1CNC(=O)C1CCC1. The Hall–Kier alpha value is -1.35. The molecule has 0 spiro atoms. The fourth-order valence-corrected chi connectivity index (χ4v) is 2.22. The van der Waals surface area contributed by atoms with Gasteiger partial charge in [0.2, 0.25) is 5.91 Å². The van der Waals surface area contributed by atoms with Gasteiger partial charge in [-0.1, -0.05) is 30.7 Å². The summed E-state index contributed by atoms with van der Waals surface area (Å²) in [6, 6.07) is 8.31. The number of nitrogens with zero attached hydrogens (tertiary/aromatic N) is 1. The van der Waals surface area contributed by atoms with E-state index in [9.17, 15) is 4.79 Å². The Labute approximate surface area is 109 Å². The summed E-state index contributed by atoms with van der Waals surface area (Å²) in [5.74, 6) is 0.493. The normalized spacial score (nSPS) is 15.5. The largest absolute Gasteiger partial charge is 0.352 e. The number of amides is 1. The van der Waals surface area contributed by atoms with Gasteiger partial charge in [0.15, 0.2) is 0 Å². The van der Waals surface area contributed by atoms with Crippen LogP contribution in [-0.2, 0) is 17.9 Å². The molecular formula is C15H22N2O. The molecule has 3 nitrogen and oxygen atoms in total. The molecular weight excluding hydrogens is 224 g/mol. The van der Waals surface area contributed by atoms with Gasteiger partial charge in [-0.3, -0.25) is 4.79 Å². The first-order chi connectivity index (χ1) is 8.66. The summed E-state index contributed by atoms with van der Waals surface area (Å²) in [7, 11) is 4.12. The second-order valence-corrected chi connectivity index (χ2v) is 5.35. The zero-order valence-electron chi connectivity index (χ0n) is 11.3. The molecule has 0 aromatic heterocycles. The Balaban J connectivity index is 1.93. The number of carbonyl (C=O) groups is 1. The van der Waals surface area contributed by atoms with Crippen molar-refractivity contribution in [3.63, 3.8) is 0 Å². The van der Waals surface area contributed by atoms with Crippen molar-refractivity contribution in [2.75, 3.05) is 14.1 Å². The molecule has 0 aliphatic heterocycles. The molecule has 1 aliphatic carbocycles. The van der Waals surface area contributed by atoms with Crippen LogP contribution in [0.4, 0.5) is 0 Å². The Bertz CT molecular complexity index is 411. The molecule has 1 aromatic carbocycles. The van der Waals surface area contributed by atoms with Gasteiger partial charge < -0.3 is 10.2 Å². The van der Waals surface area contributed by atoms with Crippen LogP contribution in [0.2, 0.25) is 0 Å². The van der Waals surface area contributed by atoms with Crippen molar-refractivity contribution in [1.29, 1.82) is 0 Å². The summed E-state index contributed by atoms with van der Waals surface area (Å²) < 4.78 is 0. The van der Waals surface area contributed by atoms with Crippen molar-refractivity contribution in [3.05, 3.63) is 35.4 Å². The molecule has 0 heterocycles. The van der Waals surface area contributed by atoms with Crippen LogP contribution in [0.5, 0.6) is 0 Å². The highest BCUT2D eigenvalue weighted by atomic mass is 16.1. The molecule has 0 radical (unpaired) electrons. The van der Waals surface area contributed by atoms with Crippen molar-refractivity contribution < 1.29 is 4.79 Å². The molecule has 2 rings (SSSR count). The predicted octanol–water partition coefficient (Wildman–Crippen LogP) is 2.16. The lowest BCUT2D eigenvalue weighted by atomic mass is 9.85. The number of nitrogens with one attached hydrogen (secondary N) is 1. The van der Waals surface area contributed by atoms with Gasteiger partial charge in [-0.15, -0.1) is 0 Å². The first kappa shape index (κ1) is 13.1. The summed E-state index contributed by atoms with van der Waals surface area (Å²) in [6.45, 7) is 1.56. The zero-order valence-corrected chi connectivity index (χ0v) is 11.3. The molecule has 98 valence electrons. The predicted molar refractivity (Wildman–Crippen MR) is 73.0 cm³/mol. The van der Waals surface area contributed by atoms with Crippen LogP contribution in [0.15, 0.2) is 24.3 Å². The molecule has 18 heavy (non-hydrogen) atoms. The molecule has 1 saturated carbocycles. The molecule has 1 amide bonds. The maximum Gasteiger partial charge on any atom is 0.223 e. The minimum atomic E-state index is 0.223.